The van der Waals surface area contributed by atoms with Gasteiger partial charge in [-0.3, -0.25) is 4.79 Å². The van der Waals surface area contributed by atoms with Gasteiger partial charge in [-0.2, -0.15) is 4.31 Å². The summed E-state index contributed by atoms with van der Waals surface area (Å²) in [6.45, 7) is 3.06. The topological polar surface area (TPSA) is 83.7 Å². The highest BCUT2D eigenvalue weighted by Crippen LogP contribution is 2.42. The van der Waals surface area contributed by atoms with Gasteiger partial charge in [-0.15, -0.1) is 0 Å². The van der Waals surface area contributed by atoms with Gasteiger partial charge in [0.15, 0.2) is 16.4 Å². The first kappa shape index (κ1) is 27.6. The molecule has 2 fully saturated rings. The fraction of sp³-hybridized carbons (Fsp3) is 0.519. The molecule has 2 aromatic rings. The van der Waals surface area contributed by atoms with Gasteiger partial charge < -0.3 is 10.6 Å². The van der Waals surface area contributed by atoms with E-state index in [4.69, 9.17) is 5.73 Å². The summed E-state index contributed by atoms with van der Waals surface area (Å²) in [6, 6.07) is 9.70. The highest BCUT2D eigenvalue weighted by molar-refractivity contribution is 7.91. The van der Waals surface area contributed by atoms with Gasteiger partial charge in [0, 0.05) is 37.8 Å². The molecule has 2 heterocycles. The van der Waals surface area contributed by atoms with E-state index >= 15 is 0 Å². The van der Waals surface area contributed by atoms with Crippen LogP contribution in [0.4, 0.5) is 13.2 Å². The lowest BCUT2D eigenvalue weighted by atomic mass is 9.82. The van der Waals surface area contributed by atoms with Crippen LogP contribution < -0.4 is 5.73 Å². The van der Waals surface area contributed by atoms with Crippen LogP contribution in [0.5, 0.6) is 0 Å². The fourth-order valence-electron chi connectivity index (χ4n) is 5.78. The predicted octanol–water partition coefficient (Wildman–Crippen LogP) is 3.98. The molecule has 6 nitrogen and oxygen atoms in total. The minimum absolute atomic E-state index is 0.0194. The zero-order valence-corrected chi connectivity index (χ0v) is 22.1. The number of hydrogen-bond donors (Lipinski definition) is 1. The molecule has 2 bridgehead atoms. The largest absolute Gasteiger partial charge is 0.335 e. The number of piperidine rings is 1. The molecule has 0 saturated carbocycles. The quantitative estimate of drug-likeness (QED) is 0.517. The summed E-state index contributed by atoms with van der Waals surface area (Å²) in [5.41, 5.74) is 7.23. The molecule has 0 aliphatic carbocycles. The van der Waals surface area contributed by atoms with Crippen LogP contribution in [0.15, 0.2) is 42.5 Å². The van der Waals surface area contributed by atoms with E-state index in [9.17, 15) is 26.4 Å². The van der Waals surface area contributed by atoms with Crippen LogP contribution in [0.1, 0.15) is 50.7 Å². The van der Waals surface area contributed by atoms with Gasteiger partial charge >= 0.3 is 0 Å². The molecule has 1 amide bonds. The van der Waals surface area contributed by atoms with Crippen LogP contribution in [-0.2, 0) is 27.8 Å². The predicted molar refractivity (Wildman–Crippen MR) is 135 cm³/mol. The third kappa shape index (κ3) is 5.28. The first-order chi connectivity index (χ1) is 17.3. The standard InChI is InChI=1S/C27H34F3N3O3S/c1-27(2,37(35,36)32(3)16-17-7-5-4-6-8-17)26(34)33-20-9-10-21(33)12-19(11-20)25(31)14-18-13-23(29)24(30)15-22(18)28/h4-8,13,15,19-21,25H,9-12,14,16,31H2,1-3H3/t19?,20-,21+,25-/m1/s1. The number of fused-ring (bicyclic) bond motifs is 2. The maximum Gasteiger partial charge on any atom is 0.245 e. The van der Waals surface area contributed by atoms with Gasteiger partial charge in [-0.05, 0) is 69.1 Å². The van der Waals surface area contributed by atoms with Crippen molar-refractivity contribution in [2.75, 3.05) is 7.05 Å². The zero-order chi connectivity index (χ0) is 27.1. The van der Waals surface area contributed by atoms with Crippen molar-refractivity contribution in [2.45, 2.75) is 75.4 Å². The molecule has 1 unspecified atom stereocenters. The molecule has 37 heavy (non-hydrogen) atoms. The van der Waals surface area contributed by atoms with Crippen molar-refractivity contribution in [1.82, 2.24) is 9.21 Å². The van der Waals surface area contributed by atoms with Crippen LogP contribution in [0.3, 0.4) is 0 Å². The number of amides is 1. The maximum atomic E-state index is 14.2. The molecule has 0 radical (unpaired) electrons. The van der Waals surface area contributed by atoms with Gasteiger partial charge in [0.25, 0.3) is 0 Å². The molecule has 4 atom stereocenters. The third-order valence-electron chi connectivity index (χ3n) is 7.97. The summed E-state index contributed by atoms with van der Waals surface area (Å²) in [5.74, 6) is -3.69. The number of carbonyl (C=O) groups excluding carboxylic acids is 1. The van der Waals surface area contributed by atoms with Gasteiger partial charge in [-0.1, -0.05) is 30.3 Å². The van der Waals surface area contributed by atoms with Crippen LogP contribution in [0.25, 0.3) is 0 Å². The molecule has 202 valence electrons. The zero-order valence-electron chi connectivity index (χ0n) is 21.3. The Balaban J connectivity index is 1.46. The number of halogens is 3. The molecule has 2 aliphatic heterocycles. The number of carbonyl (C=O) groups is 1. The maximum absolute atomic E-state index is 14.2. The number of benzene rings is 2. The Morgan fingerprint density at radius 1 is 1.05 bits per heavy atom. The van der Waals surface area contributed by atoms with Crippen molar-refractivity contribution in [1.29, 1.82) is 0 Å². The number of nitrogens with two attached hydrogens (primary N) is 1. The third-order valence-corrected chi connectivity index (χ3v) is 10.4. The lowest BCUT2D eigenvalue weighted by molar-refractivity contribution is -0.138. The molecule has 4 rings (SSSR count). The average molecular weight is 538 g/mol. The normalized spacial score (nSPS) is 22.9. The van der Waals surface area contributed by atoms with E-state index in [1.54, 1.807) is 4.90 Å². The Hall–Kier alpha value is -2.43. The van der Waals surface area contributed by atoms with E-state index in [0.717, 1.165) is 24.5 Å². The van der Waals surface area contributed by atoms with Crippen molar-refractivity contribution >= 4 is 15.9 Å². The van der Waals surface area contributed by atoms with Gasteiger partial charge in [-0.25, -0.2) is 21.6 Å². The number of hydrogen-bond acceptors (Lipinski definition) is 4. The molecule has 10 heteroatoms. The summed E-state index contributed by atoms with van der Waals surface area (Å²) in [4.78, 5) is 15.4. The van der Waals surface area contributed by atoms with E-state index in [0.29, 0.717) is 18.9 Å². The second kappa shape index (κ2) is 10.4. The number of sulfonamides is 1. The second-order valence-corrected chi connectivity index (χ2v) is 13.4. The van der Waals surface area contributed by atoms with E-state index in [1.807, 2.05) is 30.3 Å². The Bertz CT molecular complexity index is 1240. The summed E-state index contributed by atoms with van der Waals surface area (Å²) in [7, 11) is -2.50. The highest BCUT2D eigenvalue weighted by atomic mass is 32.2. The van der Waals surface area contributed by atoms with Crippen LogP contribution in [-0.4, -0.2) is 53.5 Å². The Kier molecular flexibility index (Phi) is 7.74. The molecule has 2 aliphatic rings. The van der Waals surface area contributed by atoms with Crippen molar-refractivity contribution < 1.29 is 26.4 Å². The summed E-state index contributed by atoms with van der Waals surface area (Å²) in [5, 5.41) is 0. The van der Waals surface area contributed by atoms with E-state index in [-0.39, 0.29) is 36.5 Å². The number of rotatable bonds is 8. The second-order valence-electron chi connectivity index (χ2n) is 10.8. The van der Waals surface area contributed by atoms with E-state index < -0.39 is 44.2 Å². The fourth-order valence-corrected chi connectivity index (χ4v) is 7.20. The van der Waals surface area contributed by atoms with E-state index in [1.165, 1.54) is 25.2 Å². The lowest BCUT2D eigenvalue weighted by Gasteiger charge is -2.44. The molecular weight excluding hydrogens is 503 g/mol. The molecule has 0 spiro atoms. The Morgan fingerprint density at radius 3 is 2.22 bits per heavy atom. The Morgan fingerprint density at radius 2 is 1.62 bits per heavy atom. The van der Waals surface area contributed by atoms with Crippen LogP contribution in [0.2, 0.25) is 0 Å². The van der Waals surface area contributed by atoms with Crippen molar-refractivity contribution in [3.8, 4) is 0 Å². The summed E-state index contributed by atoms with van der Waals surface area (Å²) >= 11 is 0. The Labute approximate surface area is 216 Å². The first-order valence-electron chi connectivity index (χ1n) is 12.5. The van der Waals surface area contributed by atoms with Crippen LogP contribution in [0, 0.1) is 23.4 Å². The highest BCUT2D eigenvalue weighted by Gasteiger charge is 2.53. The molecule has 2 N–H and O–H groups in total. The van der Waals surface area contributed by atoms with Crippen molar-refractivity contribution in [3.05, 3.63) is 71.0 Å². The number of nitrogens with zero attached hydrogens (tertiary/aromatic N) is 2. The molecule has 2 aromatic carbocycles. The minimum Gasteiger partial charge on any atom is -0.335 e. The SMILES string of the molecule is CN(Cc1ccccc1)S(=O)(=O)C(C)(C)C(=O)N1[C@@H]2CC[C@H]1CC([C@H](N)Cc1cc(F)c(F)cc1F)C2. The smallest absolute Gasteiger partial charge is 0.245 e. The van der Waals surface area contributed by atoms with Gasteiger partial charge in [0.2, 0.25) is 15.9 Å². The van der Waals surface area contributed by atoms with Crippen molar-refractivity contribution in [2.24, 2.45) is 11.7 Å². The van der Waals surface area contributed by atoms with E-state index in [2.05, 4.69) is 0 Å². The van der Waals surface area contributed by atoms with Crippen molar-refractivity contribution in [3.63, 3.8) is 0 Å². The summed E-state index contributed by atoms with van der Waals surface area (Å²) in [6.07, 6.45) is 2.60. The van der Waals surface area contributed by atoms with Crippen LogP contribution >= 0.6 is 0 Å². The molecule has 2 saturated heterocycles. The molecule has 0 aromatic heterocycles. The molecular formula is C27H34F3N3O3S. The van der Waals surface area contributed by atoms with Gasteiger partial charge in [0.1, 0.15) is 5.82 Å². The average Bonchev–Trinajstić information content (AvgIpc) is 3.10. The summed E-state index contributed by atoms with van der Waals surface area (Å²) < 4.78 is 67.6. The lowest BCUT2D eigenvalue weighted by Crippen LogP contribution is -2.59. The monoisotopic (exact) mass is 537 g/mol. The van der Waals surface area contributed by atoms with Gasteiger partial charge in [0.05, 0.1) is 0 Å². The minimum atomic E-state index is -3.98. The first-order valence-corrected chi connectivity index (χ1v) is 14.0.